The maximum atomic E-state index is 13.4. The molecule has 0 aliphatic heterocycles. The summed E-state index contributed by atoms with van der Waals surface area (Å²) >= 11 is 1.78. The summed E-state index contributed by atoms with van der Waals surface area (Å²) in [4.78, 5) is 1.17. The van der Waals surface area contributed by atoms with E-state index in [1.807, 2.05) is 30.3 Å². The minimum atomic E-state index is -1.10. The van der Waals surface area contributed by atoms with Gasteiger partial charge in [0.1, 0.15) is 0 Å². The van der Waals surface area contributed by atoms with Gasteiger partial charge in [0.05, 0.1) is 11.7 Å². The molecule has 2 aromatic carbocycles. The number of rotatable bonds is 4. The fourth-order valence-corrected chi connectivity index (χ4v) is 3.05. The quantitative estimate of drug-likeness (QED) is 0.640. The molecule has 0 radical (unpaired) electrons. The summed E-state index contributed by atoms with van der Waals surface area (Å²) in [5.74, 6) is 0.931. The normalized spacial score (nSPS) is 12.7. The Labute approximate surface area is 121 Å². The fraction of sp³-hybridized carbons (Fsp3) is 0.188. The molecule has 0 aliphatic carbocycles. The van der Waals surface area contributed by atoms with E-state index in [1.165, 1.54) is 22.1 Å². The van der Waals surface area contributed by atoms with Crippen molar-refractivity contribution in [2.45, 2.75) is 23.9 Å². The fourth-order valence-electron chi connectivity index (χ4n) is 2.15. The van der Waals surface area contributed by atoms with E-state index in [4.69, 9.17) is 0 Å². The first-order chi connectivity index (χ1) is 9.74. The second kappa shape index (κ2) is 5.67. The summed E-state index contributed by atoms with van der Waals surface area (Å²) in [6, 6.07) is 16.4. The van der Waals surface area contributed by atoms with Crippen LogP contribution < -0.4 is 0 Å². The molecule has 20 heavy (non-hydrogen) atoms. The smallest absolute Gasteiger partial charge is 0.189 e. The summed E-state index contributed by atoms with van der Waals surface area (Å²) in [6.45, 7) is 1.49. The number of benzene rings is 2. The Morgan fingerprint density at radius 3 is 2.75 bits per heavy atom. The van der Waals surface area contributed by atoms with Crippen LogP contribution >= 0.6 is 11.8 Å². The third kappa shape index (κ3) is 2.70. The molecule has 1 heterocycles. The average Bonchev–Trinajstić information content (AvgIpc) is 2.89. The lowest BCUT2D eigenvalue weighted by Gasteiger charge is -2.05. The molecule has 0 N–H and O–H groups in total. The summed E-state index contributed by atoms with van der Waals surface area (Å²) in [7, 11) is 0. The molecule has 0 amide bonds. The number of hydrogen-bond donors (Lipinski definition) is 0. The molecular formula is C16H15FN2S. The van der Waals surface area contributed by atoms with Crippen molar-refractivity contribution in [3.63, 3.8) is 0 Å². The predicted molar refractivity (Wildman–Crippen MR) is 81.6 cm³/mol. The van der Waals surface area contributed by atoms with E-state index >= 15 is 0 Å². The topological polar surface area (TPSA) is 17.8 Å². The van der Waals surface area contributed by atoms with Gasteiger partial charge in [0.25, 0.3) is 0 Å². The number of aromatic nitrogens is 2. The highest BCUT2D eigenvalue weighted by atomic mass is 32.2. The Morgan fingerprint density at radius 2 is 2.00 bits per heavy atom. The van der Waals surface area contributed by atoms with Gasteiger partial charge in [-0.2, -0.15) is 5.10 Å². The van der Waals surface area contributed by atoms with Crippen LogP contribution in [0.5, 0.6) is 0 Å². The Bertz CT molecular complexity index is 707. The second-order valence-electron chi connectivity index (χ2n) is 4.66. The van der Waals surface area contributed by atoms with Crippen LogP contribution in [0.4, 0.5) is 4.39 Å². The zero-order valence-electron chi connectivity index (χ0n) is 11.2. The van der Waals surface area contributed by atoms with Gasteiger partial charge < -0.3 is 0 Å². The second-order valence-corrected chi connectivity index (χ2v) is 5.71. The SMILES string of the molecule is CC(F)n1ncc2cc(SCc3ccccc3)ccc21. The Hall–Kier alpha value is -1.81. The van der Waals surface area contributed by atoms with Gasteiger partial charge in [0, 0.05) is 16.0 Å². The van der Waals surface area contributed by atoms with Crippen molar-refractivity contribution in [2.75, 3.05) is 0 Å². The molecule has 1 aromatic heterocycles. The first-order valence-corrected chi connectivity index (χ1v) is 7.50. The van der Waals surface area contributed by atoms with Crippen LogP contribution in [0, 0.1) is 0 Å². The molecular weight excluding hydrogens is 271 g/mol. The minimum Gasteiger partial charge on any atom is -0.232 e. The van der Waals surface area contributed by atoms with Crippen molar-refractivity contribution in [1.29, 1.82) is 0 Å². The minimum absolute atomic E-state index is 0.837. The molecule has 2 nitrogen and oxygen atoms in total. The van der Waals surface area contributed by atoms with Crippen LogP contribution in [-0.2, 0) is 5.75 Å². The van der Waals surface area contributed by atoms with Crippen LogP contribution in [0.2, 0.25) is 0 Å². The molecule has 1 unspecified atom stereocenters. The molecule has 102 valence electrons. The lowest BCUT2D eigenvalue weighted by Crippen LogP contribution is -2.00. The van der Waals surface area contributed by atoms with Gasteiger partial charge in [-0.05, 0) is 30.7 Å². The van der Waals surface area contributed by atoms with Crippen LogP contribution in [-0.4, -0.2) is 9.78 Å². The number of halogens is 1. The highest BCUT2D eigenvalue weighted by molar-refractivity contribution is 7.98. The third-order valence-electron chi connectivity index (χ3n) is 3.15. The number of nitrogens with zero attached hydrogens (tertiary/aromatic N) is 2. The summed E-state index contributed by atoms with van der Waals surface area (Å²) < 4.78 is 14.8. The molecule has 0 fully saturated rings. The van der Waals surface area contributed by atoms with E-state index < -0.39 is 6.30 Å². The highest BCUT2D eigenvalue weighted by Crippen LogP contribution is 2.27. The van der Waals surface area contributed by atoms with Gasteiger partial charge in [-0.25, -0.2) is 9.07 Å². The molecule has 0 saturated carbocycles. The molecule has 0 aliphatic rings. The lowest BCUT2D eigenvalue weighted by molar-refractivity contribution is 0.253. The molecule has 3 rings (SSSR count). The van der Waals surface area contributed by atoms with E-state index in [2.05, 4.69) is 23.3 Å². The number of fused-ring (bicyclic) bond motifs is 1. The number of thioether (sulfide) groups is 1. The zero-order valence-corrected chi connectivity index (χ0v) is 12.0. The molecule has 4 heteroatoms. The maximum Gasteiger partial charge on any atom is 0.189 e. The average molecular weight is 286 g/mol. The molecule has 3 aromatic rings. The van der Waals surface area contributed by atoms with E-state index in [0.29, 0.717) is 0 Å². The van der Waals surface area contributed by atoms with Gasteiger partial charge in [-0.15, -0.1) is 11.8 Å². The Morgan fingerprint density at radius 1 is 1.20 bits per heavy atom. The first-order valence-electron chi connectivity index (χ1n) is 6.52. The molecule has 0 bridgehead atoms. The van der Waals surface area contributed by atoms with Crippen LogP contribution in [0.1, 0.15) is 18.8 Å². The van der Waals surface area contributed by atoms with Crippen molar-refractivity contribution in [3.05, 3.63) is 60.3 Å². The lowest BCUT2D eigenvalue weighted by atomic mass is 10.2. The van der Waals surface area contributed by atoms with Crippen molar-refractivity contribution < 1.29 is 4.39 Å². The maximum absolute atomic E-state index is 13.4. The van der Waals surface area contributed by atoms with Gasteiger partial charge in [-0.1, -0.05) is 30.3 Å². The zero-order chi connectivity index (χ0) is 13.9. The van der Waals surface area contributed by atoms with Gasteiger partial charge in [0.2, 0.25) is 0 Å². The van der Waals surface area contributed by atoms with Gasteiger partial charge in [-0.3, -0.25) is 0 Å². The van der Waals surface area contributed by atoms with Crippen molar-refractivity contribution in [1.82, 2.24) is 9.78 Å². The summed E-state index contributed by atoms with van der Waals surface area (Å²) in [5.41, 5.74) is 2.13. The van der Waals surface area contributed by atoms with Crippen LogP contribution in [0.15, 0.2) is 59.6 Å². The van der Waals surface area contributed by atoms with Crippen LogP contribution in [0.3, 0.4) is 0 Å². The first kappa shape index (κ1) is 13.2. The standard InChI is InChI=1S/C16H15FN2S/c1-12(17)19-16-8-7-15(9-14(16)10-18-19)20-11-13-5-3-2-4-6-13/h2-10,12H,11H2,1H3. The summed E-state index contributed by atoms with van der Waals surface area (Å²) in [6.07, 6.45) is 0.619. The van der Waals surface area contributed by atoms with E-state index in [9.17, 15) is 4.39 Å². The van der Waals surface area contributed by atoms with Crippen molar-refractivity contribution in [2.24, 2.45) is 0 Å². The van der Waals surface area contributed by atoms with E-state index in [-0.39, 0.29) is 0 Å². The predicted octanol–water partition coefficient (Wildman–Crippen LogP) is 4.82. The Balaban J connectivity index is 1.80. The largest absolute Gasteiger partial charge is 0.232 e. The Kier molecular flexibility index (Phi) is 3.74. The van der Waals surface area contributed by atoms with E-state index in [1.54, 1.807) is 18.0 Å². The molecule has 1 atom stereocenters. The van der Waals surface area contributed by atoms with Gasteiger partial charge >= 0.3 is 0 Å². The highest BCUT2D eigenvalue weighted by Gasteiger charge is 2.08. The van der Waals surface area contributed by atoms with Gasteiger partial charge in [0.15, 0.2) is 6.30 Å². The van der Waals surface area contributed by atoms with E-state index in [0.717, 1.165) is 16.7 Å². The molecule has 0 spiro atoms. The number of hydrogen-bond acceptors (Lipinski definition) is 2. The third-order valence-corrected chi connectivity index (χ3v) is 4.22. The molecule has 0 saturated heterocycles. The van der Waals surface area contributed by atoms with Crippen molar-refractivity contribution in [3.8, 4) is 0 Å². The van der Waals surface area contributed by atoms with Crippen molar-refractivity contribution >= 4 is 22.7 Å². The van der Waals surface area contributed by atoms with Crippen LogP contribution in [0.25, 0.3) is 10.9 Å². The number of alkyl halides is 1. The monoisotopic (exact) mass is 286 g/mol. The summed E-state index contributed by atoms with van der Waals surface area (Å²) in [5, 5.41) is 5.07.